The van der Waals surface area contributed by atoms with Gasteiger partial charge in [-0.2, -0.15) is 26.3 Å². The summed E-state index contributed by atoms with van der Waals surface area (Å²) in [5, 5.41) is 2.49. The van der Waals surface area contributed by atoms with Gasteiger partial charge in [-0.05, 0) is 43.5 Å². The van der Waals surface area contributed by atoms with E-state index in [-0.39, 0.29) is 36.8 Å². The van der Waals surface area contributed by atoms with Gasteiger partial charge < -0.3 is 15.0 Å². The van der Waals surface area contributed by atoms with E-state index in [1.807, 2.05) is 0 Å². The van der Waals surface area contributed by atoms with Crippen LogP contribution < -0.4 is 10.9 Å². The Morgan fingerprint density at radius 3 is 2.44 bits per heavy atom. The van der Waals surface area contributed by atoms with Crippen LogP contribution in [0.15, 0.2) is 47.3 Å². The Morgan fingerprint density at radius 1 is 1.08 bits per heavy atom. The number of ether oxygens (including phenoxy) is 1. The van der Waals surface area contributed by atoms with E-state index in [0.717, 1.165) is 24.3 Å². The quantitative estimate of drug-likeness (QED) is 0.374. The molecule has 1 amide bonds. The van der Waals surface area contributed by atoms with E-state index in [1.165, 1.54) is 19.1 Å². The van der Waals surface area contributed by atoms with Crippen molar-refractivity contribution in [3.8, 4) is 11.4 Å². The summed E-state index contributed by atoms with van der Waals surface area (Å²) in [6.07, 6.45) is -9.22. The van der Waals surface area contributed by atoms with Gasteiger partial charge in [0, 0.05) is 29.8 Å². The van der Waals surface area contributed by atoms with E-state index < -0.39 is 64.6 Å². The summed E-state index contributed by atoms with van der Waals surface area (Å²) < 4.78 is 100. The first-order valence-corrected chi connectivity index (χ1v) is 11.7. The van der Waals surface area contributed by atoms with Gasteiger partial charge in [0.25, 0.3) is 5.56 Å². The van der Waals surface area contributed by atoms with Gasteiger partial charge >= 0.3 is 12.4 Å². The Balaban J connectivity index is 1.38. The molecule has 208 valence electrons. The van der Waals surface area contributed by atoms with Crippen molar-refractivity contribution >= 4 is 5.91 Å². The molecule has 0 bridgehead atoms. The molecule has 1 fully saturated rings. The average molecular weight is 557 g/mol. The zero-order valence-electron chi connectivity index (χ0n) is 20.3. The zero-order chi connectivity index (χ0) is 28.5. The number of H-pyrrole nitrogens is 1. The number of carbonyl (C=O) groups is 1. The number of aromatic amines is 1. The molecule has 0 spiro atoms. The van der Waals surface area contributed by atoms with Gasteiger partial charge in [0.1, 0.15) is 11.6 Å². The third-order valence-corrected chi connectivity index (χ3v) is 6.29. The number of nitrogens with zero attached hydrogens (tertiary/aromatic N) is 1. The smallest absolute Gasteiger partial charge is 0.373 e. The summed E-state index contributed by atoms with van der Waals surface area (Å²) in [7, 11) is 0. The maximum absolute atomic E-state index is 15.3. The molecule has 13 heteroatoms. The minimum atomic E-state index is -4.94. The van der Waals surface area contributed by atoms with Crippen molar-refractivity contribution in [2.45, 2.75) is 51.4 Å². The molecular formula is C26H22F7N3O3. The van der Waals surface area contributed by atoms with Crippen molar-refractivity contribution in [3.05, 3.63) is 86.6 Å². The number of hydrogen-bond donors (Lipinski definition) is 2. The number of nitrogens with one attached hydrogen (secondary N) is 2. The highest BCUT2D eigenvalue weighted by Gasteiger charge is 2.38. The number of halogens is 7. The van der Waals surface area contributed by atoms with Crippen molar-refractivity contribution in [2.24, 2.45) is 5.92 Å². The lowest BCUT2D eigenvalue weighted by Crippen LogP contribution is -2.42. The highest BCUT2D eigenvalue weighted by atomic mass is 19.4. The number of carbonyl (C=O) groups excluding carboxylic acids is 1. The summed E-state index contributed by atoms with van der Waals surface area (Å²) in [6.45, 7) is 0.888. The van der Waals surface area contributed by atoms with Gasteiger partial charge in [-0.15, -0.1) is 0 Å². The lowest BCUT2D eigenvalue weighted by Gasteiger charge is -2.34. The van der Waals surface area contributed by atoms with E-state index in [1.54, 1.807) is 0 Å². The fourth-order valence-electron chi connectivity index (χ4n) is 4.21. The molecule has 2 N–H and O–H groups in total. The summed E-state index contributed by atoms with van der Waals surface area (Å²) in [4.78, 5) is 30.2. The van der Waals surface area contributed by atoms with Gasteiger partial charge in [-0.25, -0.2) is 9.37 Å². The molecule has 0 aliphatic heterocycles. The maximum Gasteiger partial charge on any atom is 0.417 e. The molecule has 0 atom stereocenters. The van der Waals surface area contributed by atoms with Crippen LogP contribution in [0.1, 0.15) is 40.8 Å². The van der Waals surface area contributed by atoms with E-state index >= 15 is 4.39 Å². The van der Waals surface area contributed by atoms with Crippen LogP contribution in [0, 0.1) is 18.7 Å². The molecule has 0 radical (unpaired) electrons. The summed E-state index contributed by atoms with van der Waals surface area (Å²) >= 11 is 0. The third kappa shape index (κ3) is 6.64. The highest BCUT2D eigenvalue weighted by Crippen LogP contribution is 2.38. The van der Waals surface area contributed by atoms with Crippen molar-refractivity contribution < 1.29 is 40.3 Å². The minimum absolute atomic E-state index is 0.0719. The summed E-state index contributed by atoms with van der Waals surface area (Å²) in [5.41, 5.74) is -3.63. The lowest BCUT2D eigenvalue weighted by molar-refractivity contribution is -0.138. The Bertz CT molecular complexity index is 1430. The van der Waals surface area contributed by atoms with Crippen molar-refractivity contribution in [2.75, 3.05) is 0 Å². The number of amides is 1. The largest absolute Gasteiger partial charge is 0.417 e. The number of hydrogen-bond acceptors (Lipinski definition) is 4. The second-order valence-corrected chi connectivity index (χ2v) is 9.21. The zero-order valence-corrected chi connectivity index (χ0v) is 20.3. The average Bonchev–Trinajstić information content (AvgIpc) is 2.80. The molecule has 39 heavy (non-hydrogen) atoms. The van der Waals surface area contributed by atoms with Crippen molar-refractivity contribution in [3.63, 3.8) is 0 Å². The monoisotopic (exact) mass is 557 g/mol. The standard InChI is InChI=1S/C26H22F7N3O3/c1-13-7-20(37)36-23(35-13)21-19(26(31,32)33)6-5-15(22(21)27)11-34-24(38)16-9-18(10-16)39-12-14-3-2-4-17(8-14)25(28,29)30/h2-8,16,18H,9-12H2,1H3,(H,34,38)(H,35,36,37)/t16-,18-. The van der Waals surface area contributed by atoms with Crippen molar-refractivity contribution in [1.82, 2.24) is 15.3 Å². The van der Waals surface area contributed by atoms with Crippen LogP contribution in [-0.4, -0.2) is 22.0 Å². The van der Waals surface area contributed by atoms with Crippen LogP contribution >= 0.6 is 0 Å². The Labute approximate surface area is 217 Å². The number of aromatic nitrogens is 2. The first-order chi connectivity index (χ1) is 18.2. The fourth-order valence-corrected chi connectivity index (χ4v) is 4.21. The van der Waals surface area contributed by atoms with Crippen LogP contribution in [0.5, 0.6) is 0 Å². The number of rotatable bonds is 7. The molecule has 1 heterocycles. The Morgan fingerprint density at radius 2 is 1.79 bits per heavy atom. The molecular weight excluding hydrogens is 535 g/mol. The third-order valence-electron chi connectivity index (χ3n) is 6.29. The molecule has 1 saturated carbocycles. The van der Waals surface area contributed by atoms with Crippen molar-refractivity contribution in [1.29, 1.82) is 0 Å². The molecule has 1 aliphatic carbocycles. The normalized spacial score (nSPS) is 17.5. The predicted molar refractivity (Wildman–Crippen MR) is 125 cm³/mol. The second-order valence-electron chi connectivity index (χ2n) is 9.21. The van der Waals surface area contributed by atoms with Gasteiger partial charge in [0.2, 0.25) is 5.91 Å². The molecule has 3 aromatic rings. The molecule has 0 saturated heterocycles. The first-order valence-electron chi connectivity index (χ1n) is 11.7. The van der Waals surface area contributed by atoms with Crippen LogP contribution in [0.3, 0.4) is 0 Å². The molecule has 1 aromatic heterocycles. The van der Waals surface area contributed by atoms with Crippen LogP contribution in [-0.2, 0) is 35.0 Å². The molecule has 6 nitrogen and oxygen atoms in total. The van der Waals surface area contributed by atoms with Crippen LogP contribution in [0.25, 0.3) is 11.4 Å². The van der Waals surface area contributed by atoms with Crippen LogP contribution in [0.4, 0.5) is 30.7 Å². The van der Waals surface area contributed by atoms with E-state index in [2.05, 4.69) is 15.3 Å². The second kappa shape index (κ2) is 10.8. The first kappa shape index (κ1) is 28.3. The number of aryl methyl sites for hydroxylation is 1. The number of benzene rings is 2. The Kier molecular flexibility index (Phi) is 7.82. The summed E-state index contributed by atoms with van der Waals surface area (Å²) in [5.74, 6) is -2.85. The maximum atomic E-state index is 15.3. The SMILES string of the molecule is Cc1cc(=O)[nH]c(-c2c(C(F)(F)F)ccc(CNC(=O)[C@H]3C[C@H](OCc4cccc(C(F)(F)F)c4)C3)c2F)n1. The van der Waals surface area contributed by atoms with E-state index in [9.17, 15) is 35.9 Å². The molecule has 1 aliphatic rings. The lowest BCUT2D eigenvalue weighted by atomic mass is 9.81. The molecule has 4 rings (SSSR count). The Hall–Kier alpha value is -3.74. The highest BCUT2D eigenvalue weighted by molar-refractivity contribution is 5.79. The topological polar surface area (TPSA) is 84.1 Å². The van der Waals surface area contributed by atoms with Gasteiger partial charge in [0.05, 0.1) is 29.4 Å². The van der Waals surface area contributed by atoms with E-state index in [4.69, 9.17) is 4.74 Å². The summed E-state index contributed by atoms with van der Waals surface area (Å²) in [6, 6.07) is 7.31. The van der Waals surface area contributed by atoms with Crippen LogP contribution in [0.2, 0.25) is 0 Å². The fraction of sp³-hybridized carbons (Fsp3) is 0.346. The molecule has 0 unspecified atom stereocenters. The van der Waals surface area contributed by atoms with Gasteiger partial charge in [-0.1, -0.05) is 18.2 Å². The van der Waals surface area contributed by atoms with Gasteiger partial charge in [0.15, 0.2) is 0 Å². The number of alkyl halides is 6. The predicted octanol–water partition coefficient (Wildman–Crippen LogP) is 5.53. The molecule has 2 aromatic carbocycles. The minimum Gasteiger partial charge on any atom is -0.373 e. The van der Waals surface area contributed by atoms with Gasteiger partial charge in [-0.3, -0.25) is 9.59 Å². The van der Waals surface area contributed by atoms with E-state index in [0.29, 0.717) is 11.6 Å².